The number of ether oxygens (including phenoxy) is 1. The summed E-state index contributed by atoms with van der Waals surface area (Å²) in [6.45, 7) is 2.60. The van der Waals surface area contributed by atoms with Gasteiger partial charge in [0.1, 0.15) is 12.3 Å². The molecule has 1 fully saturated rings. The van der Waals surface area contributed by atoms with Gasteiger partial charge in [-0.05, 0) is 32.1 Å². The third kappa shape index (κ3) is 2.76. The summed E-state index contributed by atoms with van der Waals surface area (Å²) in [5.41, 5.74) is 4.52. The zero-order valence-corrected chi connectivity index (χ0v) is 13.9. The van der Waals surface area contributed by atoms with E-state index in [0.717, 1.165) is 37.2 Å². The average molecular weight is 330 g/mol. The number of fused-ring (bicyclic) bond motifs is 1. The highest BCUT2D eigenvalue weighted by Gasteiger charge is 2.23. The quantitative estimate of drug-likeness (QED) is 0.828. The molecule has 0 atom stereocenters. The molecule has 2 aromatic heterocycles. The Hall–Kier alpha value is -2.38. The van der Waals surface area contributed by atoms with Gasteiger partial charge in [-0.3, -0.25) is 9.36 Å². The van der Waals surface area contributed by atoms with Gasteiger partial charge in [0.25, 0.3) is 0 Å². The minimum Gasteiger partial charge on any atom is -0.448 e. The van der Waals surface area contributed by atoms with Gasteiger partial charge in [-0.15, -0.1) is 5.10 Å². The normalized spacial score (nSPS) is 17.2. The predicted molar refractivity (Wildman–Crippen MR) is 86.4 cm³/mol. The van der Waals surface area contributed by atoms with Crippen molar-refractivity contribution >= 4 is 6.09 Å². The van der Waals surface area contributed by atoms with Crippen LogP contribution in [-0.4, -0.2) is 55.5 Å². The van der Waals surface area contributed by atoms with E-state index in [9.17, 15) is 4.79 Å². The number of rotatable bonds is 5. The largest absolute Gasteiger partial charge is 0.448 e. The summed E-state index contributed by atoms with van der Waals surface area (Å²) in [5.74, 6) is 0. The number of carbonyl (C=O) groups excluding carboxylic acids is 1. The summed E-state index contributed by atoms with van der Waals surface area (Å²) < 4.78 is 8.71. The van der Waals surface area contributed by atoms with Gasteiger partial charge in [0.15, 0.2) is 0 Å². The first-order valence-electron chi connectivity index (χ1n) is 8.59. The van der Waals surface area contributed by atoms with E-state index in [-0.39, 0.29) is 6.09 Å². The SMILES string of the molecule is Cn1nc2c(c1-c1cn(CCCN3CCOC3=O)nn1)CCCC2. The molecule has 2 aromatic rings. The van der Waals surface area contributed by atoms with Gasteiger partial charge in [-0.2, -0.15) is 5.10 Å². The van der Waals surface area contributed by atoms with E-state index >= 15 is 0 Å². The van der Waals surface area contributed by atoms with Gasteiger partial charge in [-0.1, -0.05) is 5.21 Å². The molecule has 0 N–H and O–H groups in total. The molecule has 0 saturated carbocycles. The second-order valence-electron chi connectivity index (χ2n) is 6.43. The van der Waals surface area contributed by atoms with E-state index in [0.29, 0.717) is 19.7 Å². The molecule has 0 radical (unpaired) electrons. The number of nitrogens with zero attached hydrogens (tertiary/aromatic N) is 6. The molecule has 0 spiro atoms. The van der Waals surface area contributed by atoms with E-state index in [1.54, 1.807) is 4.90 Å². The van der Waals surface area contributed by atoms with Crippen LogP contribution in [-0.2, 0) is 31.2 Å². The summed E-state index contributed by atoms with van der Waals surface area (Å²) >= 11 is 0. The zero-order valence-electron chi connectivity index (χ0n) is 13.9. The first-order valence-corrected chi connectivity index (χ1v) is 8.59. The highest BCUT2D eigenvalue weighted by atomic mass is 16.6. The van der Waals surface area contributed by atoms with Crippen LogP contribution in [0.2, 0.25) is 0 Å². The Labute approximate surface area is 140 Å². The smallest absolute Gasteiger partial charge is 0.409 e. The molecule has 0 unspecified atom stereocenters. The molecule has 4 rings (SSSR count). The Morgan fingerprint density at radius 3 is 2.96 bits per heavy atom. The van der Waals surface area contributed by atoms with Crippen LogP contribution < -0.4 is 0 Å². The van der Waals surface area contributed by atoms with Crippen molar-refractivity contribution in [2.24, 2.45) is 7.05 Å². The lowest BCUT2D eigenvalue weighted by atomic mass is 9.95. The summed E-state index contributed by atoms with van der Waals surface area (Å²) in [4.78, 5) is 13.1. The Morgan fingerprint density at radius 1 is 1.25 bits per heavy atom. The van der Waals surface area contributed by atoms with E-state index in [1.807, 2.05) is 22.6 Å². The molecule has 8 nitrogen and oxygen atoms in total. The van der Waals surface area contributed by atoms with E-state index in [1.165, 1.54) is 24.1 Å². The lowest BCUT2D eigenvalue weighted by molar-refractivity contribution is 0.157. The standard InChI is InChI=1S/C16H22N6O2/c1-20-15(12-5-2-3-6-13(12)18-20)14-11-22(19-17-14)8-4-7-21-9-10-24-16(21)23/h11H,2-10H2,1H3. The van der Waals surface area contributed by atoms with Gasteiger partial charge in [-0.25, -0.2) is 4.79 Å². The topological polar surface area (TPSA) is 78.1 Å². The molecular formula is C16H22N6O2. The fourth-order valence-electron chi connectivity index (χ4n) is 3.57. The number of amides is 1. The van der Waals surface area contributed by atoms with Crippen LogP contribution in [0.4, 0.5) is 4.79 Å². The number of aromatic nitrogens is 5. The van der Waals surface area contributed by atoms with Gasteiger partial charge in [0.05, 0.1) is 24.1 Å². The van der Waals surface area contributed by atoms with Crippen LogP contribution in [0.25, 0.3) is 11.4 Å². The third-order valence-corrected chi connectivity index (χ3v) is 4.76. The molecule has 2 aliphatic rings. The maximum Gasteiger partial charge on any atom is 0.409 e. The van der Waals surface area contributed by atoms with Crippen molar-refractivity contribution < 1.29 is 9.53 Å². The number of carbonyl (C=O) groups is 1. The summed E-state index contributed by atoms with van der Waals surface area (Å²) in [6, 6.07) is 0. The first kappa shape index (κ1) is 15.2. The Morgan fingerprint density at radius 2 is 2.12 bits per heavy atom. The van der Waals surface area contributed by atoms with Gasteiger partial charge in [0, 0.05) is 25.7 Å². The van der Waals surface area contributed by atoms with Crippen LogP contribution in [0.1, 0.15) is 30.5 Å². The fourth-order valence-corrected chi connectivity index (χ4v) is 3.57. The lowest BCUT2D eigenvalue weighted by Crippen LogP contribution is -2.26. The third-order valence-electron chi connectivity index (χ3n) is 4.76. The maximum atomic E-state index is 11.4. The van der Waals surface area contributed by atoms with Crippen LogP contribution in [0.15, 0.2) is 6.20 Å². The van der Waals surface area contributed by atoms with Crippen molar-refractivity contribution in [1.82, 2.24) is 29.7 Å². The number of hydrogen-bond donors (Lipinski definition) is 0. The molecule has 1 aliphatic heterocycles. The molecule has 24 heavy (non-hydrogen) atoms. The monoisotopic (exact) mass is 330 g/mol. The van der Waals surface area contributed by atoms with E-state index in [4.69, 9.17) is 4.74 Å². The summed E-state index contributed by atoms with van der Waals surface area (Å²) in [7, 11) is 1.98. The average Bonchev–Trinajstić information content (AvgIpc) is 3.26. The number of cyclic esters (lactones) is 1. The highest BCUT2D eigenvalue weighted by Crippen LogP contribution is 2.29. The molecular weight excluding hydrogens is 308 g/mol. The Balaban J connectivity index is 1.43. The van der Waals surface area contributed by atoms with Gasteiger partial charge >= 0.3 is 6.09 Å². The highest BCUT2D eigenvalue weighted by molar-refractivity contribution is 5.69. The van der Waals surface area contributed by atoms with Crippen LogP contribution in [0.5, 0.6) is 0 Å². The van der Waals surface area contributed by atoms with Crippen molar-refractivity contribution in [3.63, 3.8) is 0 Å². The number of hydrogen-bond acceptors (Lipinski definition) is 5. The number of aryl methyl sites for hydroxylation is 3. The zero-order chi connectivity index (χ0) is 16.5. The lowest BCUT2D eigenvalue weighted by Gasteiger charge is -2.11. The van der Waals surface area contributed by atoms with Crippen LogP contribution in [0, 0.1) is 0 Å². The molecule has 1 aliphatic carbocycles. The molecule has 1 amide bonds. The van der Waals surface area contributed by atoms with Gasteiger partial charge < -0.3 is 9.64 Å². The van der Waals surface area contributed by atoms with Crippen molar-refractivity contribution in [1.29, 1.82) is 0 Å². The van der Waals surface area contributed by atoms with Crippen LogP contribution >= 0.6 is 0 Å². The second kappa shape index (κ2) is 6.26. The first-order chi connectivity index (χ1) is 11.7. The molecule has 1 saturated heterocycles. The van der Waals surface area contributed by atoms with Crippen molar-refractivity contribution in [2.75, 3.05) is 19.7 Å². The Bertz CT molecular complexity index is 750. The van der Waals surface area contributed by atoms with E-state index in [2.05, 4.69) is 15.4 Å². The summed E-state index contributed by atoms with van der Waals surface area (Å²) in [6.07, 6.45) is 7.16. The van der Waals surface area contributed by atoms with Crippen molar-refractivity contribution in [2.45, 2.75) is 38.6 Å². The fraction of sp³-hybridized carbons (Fsp3) is 0.625. The van der Waals surface area contributed by atoms with Gasteiger partial charge in [0.2, 0.25) is 0 Å². The molecule has 8 heteroatoms. The minimum absolute atomic E-state index is 0.212. The Kier molecular flexibility index (Phi) is 3.95. The summed E-state index contributed by atoms with van der Waals surface area (Å²) in [5, 5.41) is 13.2. The van der Waals surface area contributed by atoms with Crippen molar-refractivity contribution in [3.05, 3.63) is 17.5 Å². The molecule has 128 valence electrons. The molecule has 0 bridgehead atoms. The minimum atomic E-state index is -0.212. The van der Waals surface area contributed by atoms with Crippen molar-refractivity contribution in [3.8, 4) is 11.4 Å². The van der Waals surface area contributed by atoms with Crippen LogP contribution in [0.3, 0.4) is 0 Å². The predicted octanol–water partition coefficient (Wildman–Crippen LogP) is 1.40. The second-order valence-corrected chi connectivity index (χ2v) is 6.43. The molecule has 0 aromatic carbocycles. The van der Waals surface area contributed by atoms with E-state index < -0.39 is 0 Å². The molecule has 3 heterocycles. The maximum absolute atomic E-state index is 11.4.